The Balaban J connectivity index is 2.37. The fraction of sp³-hybridized carbons (Fsp3) is 0.154. The molecule has 0 aliphatic rings. The van der Waals surface area contributed by atoms with Crippen molar-refractivity contribution in [1.29, 1.82) is 0 Å². The second kappa shape index (κ2) is 4.45. The minimum atomic E-state index is 0.757. The average molecular weight is 218 g/mol. The van der Waals surface area contributed by atoms with Crippen LogP contribution >= 0.6 is 11.6 Å². The van der Waals surface area contributed by atoms with Crippen molar-refractivity contribution in [3.63, 3.8) is 0 Å². The molecular formula is C13H12ClN. The second-order valence-electron chi connectivity index (χ2n) is 3.40. The Bertz CT molecular complexity index is 448. The van der Waals surface area contributed by atoms with E-state index in [1.165, 1.54) is 0 Å². The molecule has 0 bridgehead atoms. The van der Waals surface area contributed by atoms with E-state index in [1.54, 1.807) is 0 Å². The number of pyridine rings is 1. The molecule has 1 aromatic heterocycles. The van der Waals surface area contributed by atoms with E-state index in [1.807, 2.05) is 30.5 Å². The van der Waals surface area contributed by atoms with E-state index >= 15 is 0 Å². The summed E-state index contributed by atoms with van der Waals surface area (Å²) in [6.45, 7) is 2.10. The fourth-order valence-electron chi connectivity index (χ4n) is 1.47. The van der Waals surface area contributed by atoms with Gasteiger partial charge in [0.15, 0.2) is 0 Å². The van der Waals surface area contributed by atoms with Crippen LogP contribution < -0.4 is 0 Å². The summed E-state index contributed by atoms with van der Waals surface area (Å²) in [5.74, 6) is 0. The van der Waals surface area contributed by atoms with Crippen LogP contribution in [0.3, 0.4) is 0 Å². The lowest BCUT2D eigenvalue weighted by Gasteiger charge is -2.02. The van der Waals surface area contributed by atoms with Gasteiger partial charge in [0, 0.05) is 22.5 Å². The zero-order valence-electron chi connectivity index (χ0n) is 8.57. The maximum absolute atomic E-state index is 5.93. The Kier molecular flexibility index (Phi) is 3.02. The number of nitrogens with zero attached hydrogens (tertiary/aromatic N) is 1. The summed E-state index contributed by atoms with van der Waals surface area (Å²) in [5, 5.41) is 0.757. The Morgan fingerprint density at radius 1 is 1.13 bits per heavy atom. The van der Waals surface area contributed by atoms with Crippen molar-refractivity contribution in [2.45, 2.75) is 13.3 Å². The molecule has 1 nitrogen and oxygen atoms in total. The number of benzene rings is 1. The van der Waals surface area contributed by atoms with Gasteiger partial charge in [0.25, 0.3) is 0 Å². The molecule has 1 heterocycles. The highest BCUT2D eigenvalue weighted by Gasteiger charge is 1.98. The van der Waals surface area contributed by atoms with Gasteiger partial charge in [-0.15, -0.1) is 0 Å². The van der Waals surface area contributed by atoms with E-state index in [0.29, 0.717) is 0 Å². The van der Waals surface area contributed by atoms with E-state index in [2.05, 4.69) is 24.0 Å². The SMILES string of the molecule is CCc1ccc(-c2cccc(Cl)c2)cn1. The van der Waals surface area contributed by atoms with Crippen molar-refractivity contribution >= 4 is 11.6 Å². The summed E-state index contributed by atoms with van der Waals surface area (Å²) < 4.78 is 0. The molecule has 0 fully saturated rings. The van der Waals surface area contributed by atoms with Crippen molar-refractivity contribution in [2.24, 2.45) is 0 Å². The molecule has 0 amide bonds. The van der Waals surface area contributed by atoms with Gasteiger partial charge >= 0.3 is 0 Å². The van der Waals surface area contributed by atoms with Gasteiger partial charge in [-0.2, -0.15) is 0 Å². The predicted octanol–water partition coefficient (Wildman–Crippen LogP) is 3.96. The van der Waals surface area contributed by atoms with Gasteiger partial charge in [0.1, 0.15) is 0 Å². The van der Waals surface area contributed by atoms with E-state index < -0.39 is 0 Å². The first-order valence-electron chi connectivity index (χ1n) is 5.00. The van der Waals surface area contributed by atoms with Crippen molar-refractivity contribution < 1.29 is 0 Å². The predicted molar refractivity (Wildman–Crippen MR) is 64.1 cm³/mol. The largest absolute Gasteiger partial charge is 0.261 e. The number of hydrogen-bond donors (Lipinski definition) is 0. The topological polar surface area (TPSA) is 12.9 Å². The second-order valence-corrected chi connectivity index (χ2v) is 3.84. The molecule has 2 aromatic rings. The van der Waals surface area contributed by atoms with Gasteiger partial charge in [-0.05, 0) is 30.2 Å². The van der Waals surface area contributed by atoms with Crippen LogP contribution in [0.1, 0.15) is 12.6 Å². The van der Waals surface area contributed by atoms with E-state index in [0.717, 1.165) is 28.3 Å². The molecule has 0 atom stereocenters. The maximum Gasteiger partial charge on any atom is 0.0412 e. The molecule has 2 heteroatoms. The van der Waals surface area contributed by atoms with Gasteiger partial charge in [-0.25, -0.2) is 0 Å². The van der Waals surface area contributed by atoms with Crippen LogP contribution in [0.25, 0.3) is 11.1 Å². The quantitative estimate of drug-likeness (QED) is 0.742. The van der Waals surface area contributed by atoms with Crippen LogP contribution in [-0.4, -0.2) is 4.98 Å². The first-order chi connectivity index (χ1) is 7.29. The zero-order chi connectivity index (χ0) is 10.7. The summed E-state index contributed by atoms with van der Waals surface area (Å²) in [6.07, 6.45) is 2.86. The minimum Gasteiger partial charge on any atom is -0.261 e. The zero-order valence-corrected chi connectivity index (χ0v) is 9.33. The summed E-state index contributed by atoms with van der Waals surface area (Å²) in [7, 11) is 0. The van der Waals surface area contributed by atoms with E-state index in [-0.39, 0.29) is 0 Å². The Hall–Kier alpha value is -1.34. The van der Waals surface area contributed by atoms with Crippen molar-refractivity contribution in [1.82, 2.24) is 4.98 Å². The molecule has 0 aliphatic carbocycles. The molecule has 0 aliphatic heterocycles. The molecular weight excluding hydrogens is 206 g/mol. The van der Waals surface area contributed by atoms with E-state index in [9.17, 15) is 0 Å². The number of aryl methyl sites for hydroxylation is 1. The molecule has 0 unspecified atom stereocenters. The van der Waals surface area contributed by atoms with Gasteiger partial charge in [0.05, 0.1) is 0 Å². The third-order valence-corrected chi connectivity index (χ3v) is 2.58. The lowest BCUT2D eigenvalue weighted by molar-refractivity contribution is 1.04. The van der Waals surface area contributed by atoms with Crippen LogP contribution in [0.4, 0.5) is 0 Å². The smallest absolute Gasteiger partial charge is 0.0412 e. The molecule has 2 rings (SSSR count). The van der Waals surface area contributed by atoms with Gasteiger partial charge in [-0.3, -0.25) is 4.98 Å². The number of hydrogen-bond acceptors (Lipinski definition) is 1. The molecule has 0 saturated heterocycles. The van der Waals surface area contributed by atoms with Crippen LogP contribution in [0.15, 0.2) is 42.6 Å². The van der Waals surface area contributed by atoms with Gasteiger partial charge < -0.3 is 0 Å². The summed E-state index contributed by atoms with van der Waals surface area (Å²) >= 11 is 5.93. The van der Waals surface area contributed by atoms with Crippen LogP contribution in [-0.2, 0) is 6.42 Å². The molecule has 1 aromatic carbocycles. The van der Waals surface area contributed by atoms with E-state index in [4.69, 9.17) is 11.6 Å². The third-order valence-electron chi connectivity index (χ3n) is 2.34. The van der Waals surface area contributed by atoms with Crippen molar-refractivity contribution in [3.8, 4) is 11.1 Å². The summed E-state index contributed by atoms with van der Waals surface area (Å²) in [6, 6.07) is 11.9. The number of halogens is 1. The normalized spacial score (nSPS) is 10.3. The highest BCUT2D eigenvalue weighted by molar-refractivity contribution is 6.30. The first-order valence-corrected chi connectivity index (χ1v) is 5.38. The molecule has 0 saturated carbocycles. The average Bonchev–Trinajstić information content (AvgIpc) is 2.29. The van der Waals surface area contributed by atoms with Crippen LogP contribution in [0.2, 0.25) is 5.02 Å². The van der Waals surface area contributed by atoms with Crippen molar-refractivity contribution in [3.05, 3.63) is 53.3 Å². The summed E-state index contributed by atoms with van der Waals surface area (Å²) in [5.41, 5.74) is 3.33. The minimum absolute atomic E-state index is 0.757. The number of aromatic nitrogens is 1. The lowest BCUT2D eigenvalue weighted by atomic mass is 10.1. The standard InChI is InChI=1S/C13H12ClN/c1-2-13-7-6-11(9-15-13)10-4-3-5-12(14)8-10/h3-9H,2H2,1H3. The van der Waals surface area contributed by atoms with Crippen LogP contribution in [0, 0.1) is 0 Å². The molecule has 0 spiro atoms. The Labute approximate surface area is 94.7 Å². The maximum atomic E-state index is 5.93. The monoisotopic (exact) mass is 217 g/mol. The third kappa shape index (κ3) is 2.37. The highest BCUT2D eigenvalue weighted by Crippen LogP contribution is 2.21. The van der Waals surface area contributed by atoms with Gasteiger partial charge in [0.2, 0.25) is 0 Å². The fourth-order valence-corrected chi connectivity index (χ4v) is 1.66. The van der Waals surface area contributed by atoms with Gasteiger partial charge in [-0.1, -0.05) is 36.7 Å². The Morgan fingerprint density at radius 3 is 2.60 bits per heavy atom. The number of rotatable bonds is 2. The van der Waals surface area contributed by atoms with Crippen LogP contribution in [0.5, 0.6) is 0 Å². The Morgan fingerprint density at radius 2 is 2.00 bits per heavy atom. The first kappa shape index (κ1) is 10.2. The van der Waals surface area contributed by atoms with Crippen molar-refractivity contribution in [2.75, 3.05) is 0 Å². The molecule has 15 heavy (non-hydrogen) atoms. The lowest BCUT2D eigenvalue weighted by Crippen LogP contribution is -1.86. The molecule has 0 N–H and O–H groups in total. The molecule has 76 valence electrons. The molecule has 0 radical (unpaired) electrons. The highest BCUT2D eigenvalue weighted by atomic mass is 35.5. The summed E-state index contributed by atoms with van der Waals surface area (Å²) in [4.78, 5) is 4.36.